The molecule has 3 rings (SSSR count). The topological polar surface area (TPSA) is 52.6 Å². The quantitative estimate of drug-likeness (QED) is 0.347. The van der Waals surface area contributed by atoms with Crippen molar-refractivity contribution >= 4 is 22.7 Å². The summed E-state index contributed by atoms with van der Waals surface area (Å²) >= 11 is 1.66. The summed E-state index contributed by atoms with van der Waals surface area (Å²) in [4.78, 5) is 29.1. The highest BCUT2D eigenvalue weighted by atomic mass is 32.1. The molecule has 3 aromatic rings. The minimum atomic E-state index is -0.425. The number of nitrogens with one attached hydrogen (secondary N) is 1. The molecule has 1 heterocycles. The molecule has 31 heavy (non-hydrogen) atoms. The molecular formula is C25H31N3O2S. The first-order valence-electron chi connectivity index (χ1n) is 10.6. The molecule has 0 aliphatic rings. The molecular weight excluding hydrogens is 406 g/mol. The highest BCUT2D eigenvalue weighted by Gasteiger charge is 2.28. The summed E-state index contributed by atoms with van der Waals surface area (Å²) < 4.78 is 0. The summed E-state index contributed by atoms with van der Waals surface area (Å²) in [6, 6.07) is 12.6. The monoisotopic (exact) mass is 437 g/mol. The van der Waals surface area contributed by atoms with Gasteiger partial charge in [-0.3, -0.25) is 9.59 Å². The van der Waals surface area contributed by atoms with E-state index in [1.165, 1.54) is 11.1 Å². The van der Waals surface area contributed by atoms with Gasteiger partial charge in [0.15, 0.2) is 0 Å². The summed E-state index contributed by atoms with van der Waals surface area (Å²) in [6.45, 7) is 7.04. The molecule has 5 nitrogen and oxygen atoms in total. The molecule has 0 amide bonds. The van der Waals surface area contributed by atoms with Crippen LogP contribution in [0.2, 0.25) is 0 Å². The van der Waals surface area contributed by atoms with E-state index in [9.17, 15) is 9.59 Å². The molecule has 2 atom stereocenters. The molecule has 0 aliphatic heterocycles. The zero-order chi connectivity index (χ0) is 22.4. The van der Waals surface area contributed by atoms with Gasteiger partial charge in [-0.2, -0.15) is 11.3 Å². The van der Waals surface area contributed by atoms with E-state index in [1.54, 1.807) is 17.4 Å². The second-order valence-corrected chi connectivity index (χ2v) is 9.04. The molecule has 1 aromatic heterocycles. The van der Waals surface area contributed by atoms with Crippen LogP contribution in [-0.2, 0) is 12.8 Å². The van der Waals surface area contributed by atoms with Crippen LogP contribution in [0.15, 0.2) is 69.4 Å². The fraction of sp³-hybridized carbons (Fsp3) is 0.360. The van der Waals surface area contributed by atoms with E-state index >= 15 is 0 Å². The maximum absolute atomic E-state index is 12.6. The Morgan fingerprint density at radius 2 is 1.81 bits per heavy atom. The van der Waals surface area contributed by atoms with Gasteiger partial charge in [-0.1, -0.05) is 36.4 Å². The predicted octanol–water partition coefficient (Wildman–Crippen LogP) is 3.55. The minimum Gasteiger partial charge on any atom is -0.377 e. The van der Waals surface area contributed by atoms with E-state index in [2.05, 4.69) is 40.4 Å². The lowest BCUT2D eigenvalue weighted by molar-refractivity contribution is 0.293. The SMILES string of the molecule is C=CCN(CC(Cc1ccccc1)N(C)C)c1c(NC(C)Cc2ccsc2)c(=O)c1=O. The van der Waals surface area contributed by atoms with Crippen molar-refractivity contribution in [2.45, 2.75) is 31.8 Å². The molecule has 0 spiro atoms. The van der Waals surface area contributed by atoms with Crippen molar-refractivity contribution < 1.29 is 0 Å². The van der Waals surface area contributed by atoms with E-state index in [1.807, 2.05) is 49.5 Å². The highest BCUT2D eigenvalue weighted by Crippen LogP contribution is 2.23. The lowest BCUT2D eigenvalue weighted by Crippen LogP contribution is -2.48. The van der Waals surface area contributed by atoms with Gasteiger partial charge in [0.2, 0.25) is 0 Å². The Balaban J connectivity index is 1.78. The Labute approximate surface area is 188 Å². The number of rotatable bonds is 12. The van der Waals surface area contributed by atoms with Crippen LogP contribution in [-0.4, -0.2) is 44.2 Å². The summed E-state index contributed by atoms with van der Waals surface area (Å²) in [5.41, 5.74) is 2.56. The van der Waals surface area contributed by atoms with E-state index in [4.69, 9.17) is 0 Å². The van der Waals surface area contributed by atoms with Crippen LogP contribution < -0.4 is 21.1 Å². The first-order chi connectivity index (χ1) is 14.9. The van der Waals surface area contributed by atoms with Gasteiger partial charge in [0.1, 0.15) is 11.4 Å². The molecule has 0 saturated carbocycles. The summed E-state index contributed by atoms with van der Waals surface area (Å²) in [7, 11) is 4.09. The Kier molecular flexibility index (Phi) is 7.82. The fourth-order valence-electron chi connectivity index (χ4n) is 3.84. The summed E-state index contributed by atoms with van der Waals surface area (Å²) in [6.07, 6.45) is 3.44. The highest BCUT2D eigenvalue weighted by molar-refractivity contribution is 7.07. The molecule has 0 saturated heterocycles. The molecule has 0 radical (unpaired) electrons. The third-order valence-corrected chi connectivity index (χ3v) is 6.27. The van der Waals surface area contributed by atoms with Gasteiger partial charge in [0.25, 0.3) is 10.9 Å². The van der Waals surface area contributed by atoms with Crippen molar-refractivity contribution in [1.82, 2.24) is 4.90 Å². The Hall–Kier alpha value is -2.70. The molecule has 6 heteroatoms. The van der Waals surface area contributed by atoms with E-state index in [-0.39, 0.29) is 12.1 Å². The number of nitrogens with zero attached hydrogens (tertiary/aromatic N) is 2. The third-order valence-electron chi connectivity index (χ3n) is 5.54. The summed E-state index contributed by atoms with van der Waals surface area (Å²) in [5.74, 6) is 0. The van der Waals surface area contributed by atoms with Gasteiger partial charge >= 0.3 is 0 Å². The van der Waals surface area contributed by atoms with Crippen molar-refractivity contribution in [2.75, 3.05) is 37.4 Å². The largest absolute Gasteiger partial charge is 0.377 e. The van der Waals surface area contributed by atoms with Gasteiger partial charge in [-0.05, 0) is 61.8 Å². The van der Waals surface area contributed by atoms with Crippen LogP contribution >= 0.6 is 11.3 Å². The average Bonchev–Trinajstić information content (AvgIpc) is 3.26. The Bertz CT molecular complexity index is 1040. The van der Waals surface area contributed by atoms with Crippen LogP contribution in [0.1, 0.15) is 18.1 Å². The number of thiophene rings is 1. The first kappa shape index (κ1) is 23.0. The number of hydrogen-bond donors (Lipinski definition) is 1. The summed E-state index contributed by atoms with van der Waals surface area (Å²) in [5, 5.41) is 7.45. The maximum atomic E-state index is 12.6. The van der Waals surface area contributed by atoms with Crippen LogP contribution in [0, 0.1) is 0 Å². The van der Waals surface area contributed by atoms with Crippen LogP contribution in [0.5, 0.6) is 0 Å². The second kappa shape index (κ2) is 10.6. The van der Waals surface area contributed by atoms with Gasteiger partial charge in [-0.25, -0.2) is 0 Å². The van der Waals surface area contributed by atoms with Crippen molar-refractivity contribution in [3.05, 3.63) is 91.4 Å². The number of anilines is 2. The van der Waals surface area contributed by atoms with Crippen LogP contribution in [0.3, 0.4) is 0 Å². The maximum Gasteiger partial charge on any atom is 0.253 e. The minimum absolute atomic E-state index is 0.0520. The zero-order valence-corrected chi connectivity index (χ0v) is 19.3. The van der Waals surface area contributed by atoms with Crippen LogP contribution in [0.25, 0.3) is 0 Å². The molecule has 2 aromatic carbocycles. The Morgan fingerprint density at radius 3 is 2.42 bits per heavy atom. The van der Waals surface area contributed by atoms with Crippen molar-refractivity contribution in [3.63, 3.8) is 0 Å². The molecule has 0 aliphatic carbocycles. The standard InChI is InChI=1S/C25H31N3O2S/c1-5-12-28(16-21(27(3)4)15-19-9-7-6-8-10-19)23-22(24(29)25(23)30)26-18(2)14-20-11-13-31-17-20/h5-11,13,17-18,21,26H,1,12,14-16H2,2-4H3. The number of hydrogen-bond acceptors (Lipinski definition) is 6. The molecule has 0 bridgehead atoms. The van der Waals surface area contributed by atoms with Gasteiger partial charge in [-0.15, -0.1) is 6.58 Å². The average molecular weight is 438 g/mol. The number of benzene rings is 1. The van der Waals surface area contributed by atoms with Gasteiger partial charge < -0.3 is 15.1 Å². The van der Waals surface area contributed by atoms with E-state index < -0.39 is 10.9 Å². The van der Waals surface area contributed by atoms with E-state index in [0.29, 0.717) is 24.5 Å². The van der Waals surface area contributed by atoms with Crippen molar-refractivity contribution in [2.24, 2.45) is 0 Å². The van der Waals surface area contributed by atoms with Gasteiger partial charge in [0, 0.05) is 25.2 Å². The Morgan fingerprint density at radius 1 is 1.06 bits per heavy atom. The normalized spacial score (nSPS) is 13.3. The van der Waals surface area contributed by atoms with Crippen molar-refractivity contribution in [1.29, 1.82) is 0 Å². The molecule has 2 unspecified atom stereocenters. The lowest BCUT2D eigenvalue weighted by atomic mass is 10.0. The van der Waals surface area contributed by atoms with E-state index in [0.717, 1.165) is 12.8 Å². The molecule has 1 N–H and O–H groups in total. The third kappa shape index (κ3) is 5.71. The molecule has 0 fully saturated rings. The zero-order valence-electron chi connectivity index (χ0n) is 18.5. The lowest BCUT2D eigenvalue weighted by Gasteiger charge is -2.34. The smallest absolute Gasteiger partial charge is 0.253 e. The fourth-order valence-corrected chi connectivity index (χ4v) is 4.52. The van der Waals surface area contributed by atoms with Gasteiger partial charge in [0.05, 0.1) is 0 Å². The number of likely N-dealkylation sites (N-methyl/N-ethyl adjacent to an activating group) is 1. The van der Waals surface area contributed by atoms with Crippen LogP contribution in [0.4, 0.5) is 11.4 Å². The predicted molar refractivity (Wildman–Crippen MR) is 132 cm³/mol. The second-order valence-electron chi connectivity index (χ2n) is 8.26. The van der Waals surface area contributed by atoms with Crippen molar-refractivity contribution in [3.8, 4) is 0 Å². The molecule has 164 valence electrons. The first-order valence-corrected chi connectivity index (χ1v) is 11.5.